The summed E-state index contributed by atoms with van der Waals surface area (Å²) in [5, 5.41) is 0. The van der Waals surface area contributed by atoms with Gasteiger partial charge in [0.1, 0.15) is 0 Å². The van der Waals surface area contributed by atoms with E-state index in [1.54, 1.807) is 6.92 Å². The van der Waals surface area contributed by atoms with Gasteiger partial charge in [0.2, 0.25) is 0 Å². The first-order chi connectivity index (χ1) is 9.98. The maximum atomic E-state index is 12.8. The van der Waals surface area contributed by atoms with Crippen LogP contribution in [0.5, 0.6) is 0 Å². The highest BCUT2D eigenvalue weighted by atomic mass is 19.4. The lowest BCUT2D eigenvalue weighted by atomic mass is 9.82. The van der Waals surface area contributed by atoms with E-state index in [4.69, 9.17) is 4.74 Å². The van der Waals surface area contributed by atoms with Crippen LogP contribution in [0, 0.1) is 5.41 Å². The monoisotopic (exact) mass is 334 g/mol. The van der Waals surface area contributed by atoms with Crippen LogP contribution in [0.1, 0.15) is 40.0 Å². The Balaban J connectivity index is 5.06. The van der Waals surface area contributed by atoms with Gasteiger partial charge in [0, 0.05) is 0 Å². The molecule has 0 aliphatic carbocycles. The zero-order chi connectivity index (χ0) is 17.6. The van der Waals surface area contributed by atoms with Gasteiger partial charge in [-0.3, -0.25) is 9.59 Å². The lowest BCUT2D eigenvalue weighted by molar-refractivity contribution is -0.295. The quantitative estimate of drug-likeness (QED) is 0.387. The van der Waals surface area contributed by atoms with E-state index in [9.17, 15) is 31.5 Å². The molecule has 22 heavy (non-hydrogen) atoms. The highest BCUT2D eigenvalue weighted by Gasteiger charge is 2.59. The minimum atomic E-state index is -5.84. The number of hydrogen-bond acceptors (Lipinski definition) is 4. The zero-order valence-electron chi connectivity index (χ0n) is 12.6. The van der Waals surface area contributed by atoms with E-state index < -0.39 is 36.1 Å². The second-order valence-electron chi connectivity index (χ2n) is 4.70. The Kier molecular flexibility index (Phi) is 7.24. The molecule has 0 unspecified atom stereocenters. The second kappa shape index (κ2) is 7.73. The van der Waals surface area contributed by atoms with Crippen LogP contribution in [0.25, 0.3) is 0 Å². The molecule has 4 nitrogen and oxygen atoms in total. The largest absolute Gasteiger partial charge is 0.465 e. The summed E-state index contributed by atoms with van der Waals surface area (Å²) in [5.41, 5.74) is -1.88. The Morgan fingerprint density at radius 2 is 1.32 bits per heavy atom. The zero-order valence-corrected chi connectivity index (χ0v) is 12.6. The van der Waals surface area contributed by atoms with Crippen LogP contribution in [0.4, 0.5) is 22.0 Å². The van der Waals surface area contributed by atoms with Gasteiger partial charge in [0.15, 0.2) is 12.0 Å². The first-order valence-electron chi connectivity index (χ1n) is 6.77. The van der Waals surface area contributed by atoms with Crippen molar-refractivity contribution < 1.29 is 41.0 Å². The minimum Gasteiger partial charge on any atom is -0.465 e. The predicted octanol–water partition coefficient (Wildman–Crippen LogP) is 3.49. The fraction of sp³-hybridized carbons (Fsp3) is 0.846. The van der Waals surface area contributed by atoms with E-state index in [2.05, 4.69) is 4.74 Å². The summed E-state index contributed by atoms with van der Waals surface area (Å²) in [7, 11) is 0. The molecule has 0 fully saturated rings. The number of ether oxygens (including phenoxy) is 2. The Bertz CT molecular complexity index is 388. The molecular weight excluding hydrogens is 315 g/mol. The minimum absolute atomic E-state index is 0.00652. The fourth-order valence-corrected chi connectivity index (χ4v) is 1.62. The van der Waals surface area contributed by atoms with Crippen molar-refractivity contribution in [1.82, 2.24) is 0 Å². The Morgan fingerprint density at radius 1 is 0.864 bits per heavy atom. The Hall–Kier alpha value is -1.41. The van der Waals surface area contributed by atoms with Gasteiger partial charge < -0.3 is 9.47 Å². The van der Waals surface area contributed by atoms with Gasteiger partial charge in [-0.05, 0) is 19.3 Å². The third-order valence-electron chi connectivity index (χ3n) is 3.23. The summed E-state index contributed by atoms with van der Waals surface area (Å²) in [6.07, 6.45) is -5.64. The summed E-state index contributed by atoms with van der Waals surface area (Å²) in [5.74, 6) is -7.61. The lowest BCUT2D eigenvalue weighted by Crippen LogP contribution is -2.46. The first kappa shape index (κ1) is 20.6. The molecule has 0 rings (SSSR count). The van der Waals surface area contributed by atoms with Crippen LogP contribution in [-0.4, -0.2) is 37.3 Å². The average molecular weight is 334 g/mol. The van der Waals surface area contributed by atoms with E-state index in [0.717, 1.165) is 0 Å². The molecule has 0 saturated heterocycles. The maximum Gasteiger partial charge on any atom is 0.456 e. The van der Waals surface area contributed by atoms with Crippen LogP contribution in [0.15, 0.2) is 0 Å². The van der Waals surface area contributed by atoms with Crippen molar-refractivity contribution in [3.8, 4) is 0 Å². The summed E-state index contributed by atoms with van der Waals surface area (Å²) in [6.45, 7) is 2.37. The number of halogens is 5. The molecule has 0 aliphatic heterocycles. The molecule has 0 radical (unpaired) electrons. The van der Waals surface area contributed by atoms with Crippen molar-refractivity contribution in [2.24, 2.45) is 5.41 Å². The van der Waals surface area contributed by atoms with Crippen LogP contribution in [-0.2, 0) is 19.1 Å². The molecule has 0 aromatic rings. The topological polar surface area (TPSA) is 52.6 Å². The molecule has 0 atom stereocenters. The van der Waals surface area contributed by atoms with Gasteiger partial charge in [-0.1, -0.05) is 20.8 Å². The number of esters is 2. The molecule has 0 bridgehead atoms. The average Bonchev–Trinajstić information content (AvgIpc) is 2.43. The molecule has 0 spiro atoms. The van der Waals surface area contributed by atoms with Crippen molar-refractivity contribution in [2.45, 2.75) is 52.1 Å². The van der Waals surface area contributed by atoms with Crippen LogP contribution in [0.3, 0.4) is 0 Å². The molecule has 0 amide bonds. The lowest BCUT2D eigenvalue weighted by Gasteiger charge is -2.28. The van der Waals surface area contributed by atoms with Crippen molar-refractivity contribution in [3.63, 3.8) is 0 Å². The molecular formula is C13H19F5O4. The molecule has 0 N–H and O–H groups in total. The Morgan fingerprint density at radius 3 is 1.68 bits per heavy atom. The second-order valence-corrected chi connectivity index (χ2v) is 4.70. The van der Waals surface area contributed by atoms with E-state index in [1.807, 2.05) is 0 Å². The van der Waals surface area contributed by atoms with E-state index in [0.29, 0.717) is 6.42 Å². The number of rotatable bonds is 8. The van der Waals surface area contributed by atoms with Gasteiger partial charge in [-0.25, -0.2) is 0 Å². The van der Waals surface area contributed by atoms with Crippen molar-refractivity contribution >= 4 is 11.9 Å². The first-order valence-corrected chi connectivity index (χ1v) is 6.77. The highest BCUT2D eigenvalue weighted by Crippen LogP contribution is 2.37. The number of alkyl halides is 5. The fourth-order valence-electron chi connectivity index (χ4n) is 1.62. The molecule has 0 heterocycles. The molecule has 130 valence electrons. The van der Waals surface area contributed by atoms with E-state index >= 15 is 0 Å². The number of carbonyl (C=O) groups excluding carboxylic acids is 2. The van der Waals surface area contributed by atoms with Crippen LogP contribution < -0.4 is 0 Å². The van der Waals surface area contributed by atoms with E-state index in [1.165, 1.54) is 13.8 Å². The van der Waals surface area contributed by atoms with Gasteiger partial charge in [-0.2, -0.15) is 22.0 Å². The number of hydrogen-bond donors (Lipinski definition) is 0. The normalized spacial score (nSPS) is 12.9. The number of carbonyl (C=O) groups is 2. The standard InChI is InChI=1S/C13H19F5O4/c1-4-7-21-9(19)11(5-2,6-3)10(20)22-8-12(14,15)13(16,17)18/h4-8H2,1-3H3. The smallest absolute Gasteiger partial charge is 0.456 e. The molecule has 0 aliphatic rings. The third kappa shape index (κ3) is 4.54. The van der Waals surface area contributed by atoms with Gasteiger partial charge in [0.05, 0.1) is 6.61 Å². The highest BCUT2D eigenvalue weighted by molar-refractivity contribution is 6.00. The summed E-state index contributed by atoms with van der Waals surface area (Å²) < 4.78 is 70.5. The SMILES string of the molecule is CCCOC(=O)C(CC)(CC)C(=O)OCC(F)(F)C(F)(F)F. The summed E-state index contributed by atoms with van der Waals surface area (Å²) >= 11 is 0. The van der Waals surface area contributed by atoms with Crippen molar-refractivity contribution in [3.05, 3.63) is 0 Å². The summed E-state index contributed by atoms with van der Waals surface area (Å²) in [6, 6.07) is 0. The van der Waals surface area contributed by atoms with Gasteiger partial charge >= 0.3 is 24.0 Å². The van der Waals surface area contributed by atoms with Crippen LogP contribution >= 0.6 is 0 Å². The molecule has 9 heteroatoms. The predicted molar refractivity (Wildman–Crippen MR) is 66.2 cm³/mol. The van der Waals surface area contributed by atoms with Crippen LogP contribution in [0.2, 0.25) is 0 Å². The van der Waals surface area contributed by atoms with Gasteiger partial charge in [0.25, 0.3) is 0 Å². The maximum absolute atomic E-state index is 12.8. The van der Waals surface area contributed by atoms with E-state index in [-0.39, 0.29) is 19.4 Å². The van der Waals surface area contributed by atoms with Crippen molar-refractivity contribution in [2.75, 3.05) is 13.2 Å². The molecule has 0 aromatic heterocycles. The molecule has 0 saturated carbocycles. The Labute approximate surface area is 124 Å². The third-order valence-corrected chi connectivity index (χ3v) is 3.23. The van der Waals surface area contributed by atoms with Crippen molar-refractivity contribution in [1.29, 1.82) is 0 Å². The molecule has 0 aromatic carbocycles. The summed E-state index contributed by atoms with van der Waals surface area (Å²) in [4.78, 5) is 23.8. The van der Waals surface area contributed by atoms with Gasteiger partial charge in [-0.15, -0.1) is 0 Å².